The standard InChI is InChI=1S/C14H27N3O3/c1-11(5-8-17(2)3)16-13(20)15-10-14(6-4-7-14)9-12(18)19/h11H,4-10H2,1-3H3,(H,18,19)(H2,15,16,20). The topological polar surface area (TPSA) is 81.7 Å². The molecular formula is C14H27N3O3. The molecular weight excluding hydrogens is 258 g/mol. The highest BCUT2D eigenvalue weighted by atomic mass is 16.4. The van der Waals surface area contributed by atoms with E-state index < -0.39 is 5.97 Å². The van der Waals surface area contributed by atoms with Crippen LogP contribution in [0.1, 0.15) is 39.0 Å². The molecule has 20 heavy (non-hydrogen) atoms. The molecule has 0 aliphatic heterocycles. The summed E-state index contributed by atoms with van der Waals surface area (Å²) >= 11 is 0. The molecule has 0 aromatic carbocycles. The molecule has 116 valence electrons. The Kier molecular flexibility index (Phi) is 6.26. The molecule has 1 atom stereocenters. The average molecular weight is 285 g/mol. The highest BCUT2D eigenvalue weighted by Crippen LogP contribution is 2.43. The summed E-state index contributed by atoms with van der Waals surface area (Å²) in [6.45, 7) is 3.34. The lowest BCUT2D eigenvalue weighted by molar-refractivity contribution is -0.141. The Hall–Kier alpha value is -1.30. The van der Waals surface area contributed by atoms with E-state index in [9.17, 15) is 9.59 Å². The maximum Gasteiger partial charge on any atom is 0.315 e. The lowest BCUT2D eigenvalue weighted by Crippen LogP contribution is -2.48. The molecule has 3 N–H and O–H groups in total. The molecule has 1 aliphatic rings. The number of nitrogens with zero attached hydrogens (tertiary/aromatic N) is 1. The van der Waals surface area contributed by atoms with Crippen molar-refractivity contribution in [3.63, 3.8) is 0 Å². The van der Waals surface area contributed by atoms with E-state index >= 15 is 0 Å². The molecule has 6 heteroatoms. The maximum absolute atomic E-state index is 11.8. The normalized spacial score (nSPS) is 18.2. The third-order valence-corrected chi connectivity index (χ3v) is 3.95. The summed E-state index contributed by atoms with van der Waals surface area (Å²) in [6.07, 6.45) is 3.85. The predicted octanol–water partition coefficient (Wildman–Crippen LogP) is 1.27. The van der Waals surface area contributed by atoms with E-state index in [1.807, 2.05) is 21.0 Å². The lowest BCUT2D eigenvalue weighted by Gasteiger charge is -2.40. The predicted molar refractivity (Wildman–Crippen MR) is 77.7 cm³/mol. The molecule has 1 saturated carbocycles. The van der Waals surface area contributed by atoms with Gasteiger partial charge < -0.3 is 20.6 Å². The monoisotopic (exact) mass is 285 g/mol. The molecule has 1 fully saturated rings. The van der Waals surface area contributed by atoms with Crippen molar-refractivity contribution < 1.29 is 14.7 Å². The van der Waals surface area contributed by atoms with E-state index in [4.69, 9.17) is 5.11 Å². The van der Waals surface area contributed by atoms with Crippen molar-refractivity contribution in [1.29, 1.82) is 0 Å². The molecule has 0 saturated heterocycles. The van der Waals surface area contributed by atoms with Crippen LogP contribution in [-0.2, 0) is 4.79 Å². The minimum atomic E-state index is -0.786. The average Bonchev–Trinajstić information content (AvgIpc) is 2.29. The van der Waals surface area contributed by atoms with Gasteiger partial charge in [-0.25, -0.2) is 4.79 Å². The van der Waals surface area contributed by atoms with Crippen molar-refractivity contribution in [3.05, 3.63) is 0 Å². The molecule has 0 bridgehead atoms. The van der Waals surface area contributed by atoms with Crippen LogP contribution in [0.25, 0.3) is 0 Å². The minimum Gasteiger partial charge on any atom is -0.481 e. The van der Waals surface area contributed by atoms with Gasteiger partial charge in [-0.2, -0.15) is 0 Å². The second-order valence-corrected chi connectivity index (χ2v) is 6.24. The molecule has 0 aromatic heterocycles. The number of amides is 2. The molecule has 1 unspecified atom stereocenters. The van der Waals surface area contributed by atoms with Crippen molar-refractivity contribution in [2.24, 2.45) is 5.41 Å². The zero-order valence-electron chi connectivity index (χ0n) is 12.7. The molecule has 0 radical (unpaired) electrons. The van der Waals surface area contributed by atoms with E-state index in [-0.39, 0.29) is 23.9 Å². The number of carbonyl (C=O) groups excluding carboxylic acids is 1. The van der Waals surface area contributed by atoms with Crippen LogP contribution in [0.3, 0.4) is 0 Å². The van der Waals surface area contributed by atoms with Crippen LogP contribution >= 0.6 is 0 Å². The van der Waals surface area contributed by atoms with Gasteiger partial charge in [0, 0.05) is 12.6 Å². The summed E-state index contributed by atoms with van der Waals surface area (Å²) in [5.74, 6) is -0.786. The van der Waals surface area contributed by atoms with Crippen molar-refractivity contribution in [2.75, 3.05) is 27.2 Å². The van der Waals surface area contributed by atoms with Crippen molar-refractivity contribution >= 4 is 12.0 Å². The van der Waals surface area contributed by atoms with E-state index in [1.165, 1.54) is 0 Å². The minimum absolute atomic E-state index is 0.106. The van der Waals surface area contributed by atoms with Gasteiger partial charge in [0.25, 0.3) is 0 Å². The Labute approximate surface area is 120 Å². The number of nitrogens with one attached hydrogen (secondary N) is 2. The fourth-order valence-corrected chi connectivity index (χ4v) is 2.48. The van der Waals surface area contributed by atoms with Crippen molar-refractivity contribution in [1.82, 2.24) is 15.5 Å². The molecule has 1 rings (SSSR count). The van der Waals surface area contributed by atoms with Gasteiger partial charge in [0.05, 0.1) is 6.42 Å². The van der Waals surface area contributed by atoms with Crippen LogP contribution < -0.4 is 10.6 Å². The fourth-order valence-electron chi connectivity index (χ4n) is 2.48. The Bertz CT molecular complexity index is 341. The van der Waals surface area contributed by atoms with E-state index in [2.05, 4.69) is 15.5 Å². The van der Waals surface area contributed by atoms with E-state index in [0.29, 0.717) is 6.54 Å². The van der Waals surface area contributed by atoms with Gasteiger partial charge in [-0.15, -0.1) is 0 Å². The first-order valence-corrected chi connectivity index (χ1v) is 7.24. The summed E-state index contributed by atoms with van der Waals surface area (Å²) in [6, 6.07) is -0.0952. The first-order valence-electron chi connectivity index (χ1n) is 7.24. The third kappa shape index (κ3) is 5.77. The molecule has 0 aromatic rings. The van der Waals surface area contributed by atoms with Crippen LogP contribution in [0.15, 0.2) is 0 Å². The van der Waals surface area contributed by atoms with Gasteiger partial charge in [0.15, 0.2) is 0 Å². The zero-order valence-corrected chi connectivity index (χ0v) is 12.7. The van der Waals surface area contributed by atoms with Crippen molar-refractivity contribution in [3.8, 4) is 0 Å². The van der Waals surface area contributed by atoms with Crippen LogP contribution in [0, 0.1) is 5.41 Å². The van der Waals surface area contributed by atoms with Crippen LogP contribution in [-0.4, -0.2) is 55.2 Å². The fraction of sp³-hybridized carbons (Fsp3) is 0.857. The van der Waals surface area contributed by atoms with E-state index in [0.717, 1.165) is 32.2 Å². The van der Waals surface area contributed by atoms with Gasteiger partial charge in [-0.3, -0.25) is 4.79 Å². The second-order valence-electron chi connectivity index (χ2n) is 6.24. The lowest BCUT2D eigenvalue weighted by atomic mass is 9.66. The summed E-state index contributed by atoms with van der Waals surface area (Å²) in [7, 11) is 4.00. The molecule has 6 nitrogen and oxygen atoms in total. The molecule has 2 amide bonds. The molecule has 1 aliphatic carbocycles. The van der Waals surface area contributed by atoms with E-state index in [1.54, 1.807) is 0 Å². The summed E-state index contributed by atoms with van der Waals surface area (Å²) < 4.78 is 0. The number of rotatable bonds is 8. The Balaban J connectivity index is 2.26. The van der Waals surface area contributed by atoms with Crippen LogP contribution in [0.2, 0.25) is 0 Å². The van der Waals surface area contributed by atoms with Crippen LogP contribution in [0.4, 0.5) is 4.79 Å². The van der Waals surface area contributed by atoms with Gasteiger partial charge in [0.2, 0.25) is 0 Å². The number of carboxylic acid groups (broad SMARTS) is 1. The quantitative estimate of drug-likeness (QED) is 0.627. The maximum atomic E-state index is 11.8. The van der Waals surface area contributed by atoms with Gasteiger partial charge in [-0.05, 0) is 52.2 Å². The number of hydrogen-bond acceptors (Lipinski definition) is 3. The smallest absolute Gasteiger partial charge is 0.315 e. The largest absolute Gasteiger partial charge is 0.481 e. The van der Waals surface area contributed by atoms with Gasteiger partial charge >= 0.3 is 12.0 Å². The van der Waals surface area contributed by atoms with Gasteiger partial charge in [-0.1, -0.05) is 6.42 Å². The molecule has 0 spiro atoms. The molecule has 0 heterocycles. The number of carboxylic acids is 1. The van der Waals surface area contributed by atoms with Crippen molar-refractivity contribution in [2.45, 2.75) is 45.1 Å². The number of urea groups is 1. The summed E-state index contributed by atoms with van der Waals surface area (Å²) in [5, 5.41) is 14.6. The Morgan fingerprint density at radius 1 is 1.35 bits per heavy atom. The zero-order chi connectivity index (χ0) is 15.2. The SMILES string of the molecule is CC(CCN(C)C)NC(=O)NCC1(CC(=O)O)CCC1. The highest BCUT2D eigenvalue weighted by Gasteiger charge is 2.39. The summed E-state index contributed by atoms with van der Waals surface area (Å²) in [5.41, 5.74) is -0.226. The third-order valence-electron chi connectivity index (χ3n) is 3.95. The summed E-state index contributed by atoms with van der Waals surface area (Å²) in [4.78, 5) is 24.7. The van der Waals surface area contributed by atoms with Crippen LogP contribution in [0.5, 0.6) is 0 Å². The first-order chi connectivity index (χ1) is 9.33. The number of carbonyl (C=O) groups is 2. The number of aliphatic carboxylic acids is 1. The Morgan fingerprint density at radius 3 is 2.45 bits per heavy atom. The Morgan fingerprint density at radius 2 is 2.00 bits per heavy atom. The first kappa shape index (κ1) is 16.8. The second kappa shape index (κ2) is 7.47. The number of hydrogen-bond donors (Lipinski definition) is 3. The van der Waals surface area contributed by atoms with Gasteiger partial charge in [0.1, 0.15) is 0 Å². The highest BCUT2D eigenvalue weighted by molar-refractivity contribution is 5.74.